The Hall–Kier alpha value is -10.7. The number of benzene rings is 4. The van der Waals surface area contributed by atoms with Crippen molar-refractivity contribution in [2.24, 2.45) is 29.0 Å². The lowest BCUT2D eigenvalue weighted by Crippen LogP contribution is -2.62. The number of rotatable bonds is 34. The molecule has 1 unspecified atom stereocenters. The summed E-state index contributed by atoms with van der Waals surface area (Å²) in [5.74, 6) is -13.0. The number of hydrogen-bond donors (Lipinski definition) is 16. The monoisotopic (exact) mass is 1340 g/mol. The average molecular weight is 1340 g/mol. The van der Waals surface area contributed by atoms with Crippen LogP contribution in [-0.2, 0) is 83.2 Å². The van der Waals surface area contributed by atoms with Crippen molar-refractivity contribution in [3.8, 4) is 5.75 Å². The van der Waals surface area contributed by atoms with Gasteiger partial charge >= 0.3 is 11.9 Å². The summed E-state index contributed by atoms with van der Waals surface area (Å²) >= 11 is 0. The number of aromatic amines is 2. The fraction of sp³-hybridized carbons (Fsp3) is 0.412. The van der Waals surface area contributed by atoms with Gasteiger partial charge in [-0.2, -0.15) is 0 Å². The molecule has 0 radical (unpaired) electrons. The highest BCUT2D eigenvalue weighted by molar-refractivity contribution is 6.01. The number of carbonyl (C=O) groups excluding carboxylic acids is 10. The number of nitrogens with two attached hydrogens (primary N) is 3. The van der Waals surface area contributed by atoms with E-state index >= 15 is 14.4 Å². The molecule has 11 atom stereocenters. The van der Waals surface area contributed by atoms with Crippen molar-refractivity contribution in [2.75, 3.05) is 6.54 Å². The number of aromatic hydroxyl groups is 1. The highest BCUT2D eigenvalue weighted by atomic mass is 16.4. The second-order valence-corrected chi connectivity index (χ2v) is 25.2. The second-order valence-electron chi connectivity index (χ2n) is 25.2. The molecule has 29 heteroatoms. The first-order valence-corrected chi connectivity index (χ1v) is 32.0. The van der Waals surface area contributed by atoms with Crippen LogP contribution in [0.15, 0.2) is 116 Å². The second kappa shape index (κ2) is 34.1. The van der Waals surface area contributed by atoms with Gasteiger partial charge in [-0.3, -0.25) is 52.7 Å². The maximum absolute atomic E-state index is 15.2. The number of H-pyrrole nitrogens is 2. The Morgan fingerprint density at radius 2 is 0.979 bits per heavy atom. The van der Waals surface area contributed by atoms with Crippen molar-refractivity contribution in [1.29, 1.82) is 0 Å². The first-order valence-electron chi connectivity index (χ1n) is 32.0. The Bertz CT molecular complexity index is 3820. The summed E-state index contributed by atoms with van der Waals surface area (Å²) in [6, 6.07) is 12.4. The van der Waals surface area contributed by atoms with E-state index in [1.807, 2.05) is 13.8 Å². The van der Waals surface area contributed by atoms with Crippen LogP contribution in [0.4, 0.5) is 0 Å². The minimum Gasteiger partial charge on any atom is -0.508 e. The zero-order valence-corrected chi connectivity index (χ0v) is 54.5. The fourth-order valence-corrected chi connectivity index (χ4v) is 11.5. The van der Waals surface area contributed by atoms with E-state index in [0.29, 0.717) is 44.1 Å². The molecule has 29 nitrogen and oxygen atoms in total. The zero-order valence-electron chi connectivity index (χ0n) is 54.5. The smallest absolute Gasteiger partial charge is 0.326 e. The van der Waals surface area contributed by atoms with Crippen molar-refractivity contribution in [1.82, 2.24) is 57.4 Å². The standard InChI is InChI=1S/C68H86N14O15/c1-35(2)26-47(78-66(94)58(37(5)69)81-65(93)57(71)36(3)4)59(87)79-52(28-39-21-23-42(83)24-22-39)67(95)82-25-13-20-54(82)64(92)77-49(29-40-33-72-45-18-11-9-16-43(40)45)61(89)74-48(27-38-14-7-6-8-15-38)60(88)75-50(31-55(70)84)62(90)76-51(32-56(85)86)63(91)80-53(68(96)97)30-41-34-73-46-19-12-10-17-44(41)46/h6-12,14-19,21-24,33-37,47-54,57-58,72-73,83H,13,20,25-32,69,71H2,1-5H3,(H2,70,84)(H,74,89)(H,75,88)(H,76,90)(H,77,92)(H,78,94)(H,79,87)(H,80,91)(H,81,93)(H,85,86)(H,96,97)/t37?,47-,48-,49-,50-,51-,52-,53-,54-,57-,58-/m0/s1. The van der Waals surface area contributed by atoms with Crippen LogP contribution in [0.1, 0.15) is 89.0 Å². The van der Waals surface area contributed by atoms with E-state index < -0.39 is 150 Å². The molecule has 10 amide bonds. The van der Waals surface area contributed by atoms with Crippen LogP contribution in [0.3, 0.4) is 0 Å². The van der Waals surface area contributed by atoms with E-state index in [1.165, 1.54) is 24.0 Å². The number of hydrogen-bond acceptors (Lipinski definition) is 15. The molecule has 0 aliphatic carbocycles. The Kier molecular flexibility index (Phi) is 25.9. The Labute approximate surface area is 558 Å². The number of amides is 10. The molecular formula is C68H86N14O15. The molecular weight excluding hydrogens is 1250 g/mol. The van der Waals surface area contributed by atoms with E-state index in [1.54, 1.807) is 117 Å². The molecule has 6 aromatic rings. The van der Waals surface area contributed by atoms with Gasteiger partial charge in [0.1, 0.15) is 60.1 Å². The van der Waals surface area contributed by atoms with Gasteiger partial charge in [-0.25, -0.2) is 4.79 Å². The van der Waals surface area contributed by atoms with Gasteiger partial charge in [-0.15, -0.1) is 0 Å². The average Bonchev–Trinajstić information content (AvgIpc) is 1.72. The van der Waals surface area contributed by atoms with Crippen LogP contribution in [0, 0.1) is 11.8 Å². The molecule has 4 aromatic carbocycles. The van der Waals surface area contributed by atoms with E-state index in [0.717, 1.165) is 0 Å². The highest BCUT2D eigenvalue weighted by Crippen LogP contribution is 2.25. The molecule has 0 bridgehead atoms. The van der Waals surface area contributed by atoms with E-state index in [9.17, 15) is 58.5 Å². The Morgan fingerprint density at radius 3 is 1.52 bits per heavy atom. The number of carboxylic acid groups (broad SMARTS) is 2. The first kappa shape index (κ1) is 73.7. The van der Waals surface area contributed by atoms with Gasteiger partial charge in [0.15, 0.2) is 0 Å². The number of carboxylic acids is 2. The van der Waals surface area contributed by atoms with Crippen molar-refractivity contribution >= 4 is 92.8 Å². The van der Waals surface area contributed by atoms with Crippen molar-refractivity contribution in [2.45, 2.75) is 159 Å². The van der Waals surface area contributed by atoms with E-state index in [4.69, 9.17) is 17.2 Å². The quantitative estimate of drug-likeness (QED) is 0.0258. The molecule has 19 N–H and O–H groups in total. The van der Waals surface area contributed by atoms with Crippen LogP contribution >= 0.6 is 0 Å². The summed E-state index contributed by atoms with van der Waals surface area (Å²) in [7, 11) is 0. The molecule has 3 heterocycles. The van der Waals surface area contributed by atoms with E-state index in [2.05, 4.69) is 52.5 Å². The zero-order chi connectivity index (χ0) is 70.8. The fourth-order valence-electron chi connectivity index (χ4n) is 11.5. The Balaban J connectivity index is 1.14. The molecule has 7 rings (SSSR count). The van der Waals surface area contributed by atoms with Gasteiger partial charge in [0.2, 0.25) is 59.1 Å². The number of para-hydroxylation sites is 2. The van der Waals surface area contributed by atoms with Gasteiger partial charge < -0.3 is 89.9 Å². The number of nitrogens with one attached hydrogen (secondary N) is 10. The summed E-state index contributed by atoms with van der Waals surface area (Å²) in [4.78, 5) is 174. The van der Waals surface area contributed by atoms with Gasteiger partial charge in [-0.1, -0.05) is 107 Å². The molecule has 0 saturated carbocycles. The topological polar surface area (TPSA) is 475 Å². The number of fused-ring (bicyclic) bond motifs is 2. The molecule has 1 saturated heterocycles. The molecule has 518 valence electrons. The Morgan fingerprint density at radius 1 is 0.515 bits per heavy atom. The maximum Gasteiger partial charge on any atom is 0.326 e. The van der Waals surface area contributed by atoms with Crippen molar-refractivity contribution < 1.29 is 72.9 Å². The van der Waals surface area contributed by atoms with Crippen molar-refractivity contribution in [3.05, 3.63) is 138 Å². The van der Waals surface area contributed by atoms with E-state index in [-0.39, 0.29) is 69.1 Å². The molecule has 1 aliphatic rings. The number of aliphatic carboxylic acids is 2. The first-order chi connectivity index (χ1) is 46.1. The SMILES string of the molecule is CC(C)C[C@H](NC(=O)[C@@H](NC(=O)[C@@H](N)C(C)C)C(C)N)C(=O)N[C@@H](Cc1ccc(O)cc1)C(=O)N1CCC[C@H]1C(=O)N[C@@H](Cc1c[nH]c2ccccc12)C(=O)N[C@@H](Cc1ccccc1)C(=O)N[C@@H](CC(N)=O)C(=O)N[C@@H](CC(=O)O)C(=O)N[C@@H](Cc1c[nH]c2ccccc12)C(=O)O. The van der Waals surface area contributed by atoms with Gasteiger partial charge in [0, 0.05) is 72.5 Å². The lowest BCUT2D eigenvalue weighted by atomic mass is 9.99. The molecule has 2 aromatic heterocycles. The van der Waals surface area contributed by atoms with Gasteiger partial charge in [0.25, 0.3) is 0 Å². The molecule has 1 fully saturated rings. The number of phenols is 1. The number of primary amides is 1. The largest absolute Gasteiger partial charge is 0.508 e. The summed E-state index contributed by atoms with van der Waals surface area (Å²) in [6.45, 7) is 8.59. The van der Waals surface area contributed by atoms with Crippen LogP contribution < -0.4 is 59.7 Å². The maximum atomic E-state index is 15.2. The normalized spacial score (nSPS) is 16.1. The van der Waals surface area contributed by atoms with Gasteiger partial charge in [0.05, 0.1) is 18.9 Å². The number of likely N-dealkylation sites (tertiary alicyclic amines) is 1. The predicted octanol–water partition coefficient (Wildman–Crippen LogP) is 0.306. The molecule has 97 heavy (non-hydrogen) atoms. The predicted molar refractivity (Wildman–Crippen MR) is 356 cm³/mol. The van der Waals surface area contributed by atoms with Crippen LogP contribution in [0.5, 0.6) is 5.75 Å². The van der Waals surface area contributed by atoms with Crippen LogP contribution in [-0.4, -0.2) is 174 Å². The van der Waals surface area contributed by atoms with Crippen LogP contribution in [0.2, 0.25) is 0 Å². The number of carbonyl (C=O) groups is 12. The number of aromatic nitrogens is 2. The summed E-state index contributed by atoms with van der Waals surface area (Å²) in [5, 5.41) is 52.1. The summed E-state index contributed by atoms with van der Waals surface area (Å²) < 4.78 is 0. The molecule has 1 aliphatic heterocycles. The molecule has 0 spiro atoms. The third-order valence-corrected chi connectivity index (χ3v) is 16.7. The highest BCUT2D eigenvalue weighted by Gasteiger charge is 2.42. The lowest BCUT2D eigenvalue weighted by molar-refractivity contribution is -0.144. The summed E-state index contributed by atoms with van der Waals surface area (Å²) in [6.07, 6.45) is 0.711. The summed E-state index contributed by atoms with van der Waals surface area (Å²) in [5.41, 5.74) is 21.2. The number of nitrogens with zero attached hydrogens (tertiary/aromatic N) is 1. The van der Waals surface area contributed by atoms with Crippen molar-refractivity contribution in [3.63, 3.8) is 0 Å². The minimum absolute atomic E-state index is 0.00830. The number of phenolic OH excluding ortho intramolecular Hbond substituents is 1. The lowest BCUT2D eigenvalue weighted by Gasteiger charge is -2.32. The van der Waals surface area contributed by atoms with Gasteiger partial charge in [-0.05, 0) is 84.5 Å². The third-order valence-electron chi connectivity index (χ3n) is 16.7. The third kappa shape index (κ3) is 20.7. The van der Waals surface area contributed by atoms with Crippen LogP contribution in [0.25, 0.3) is 21.8 Å². The minimum atomic E-state index is -1.97.